The molecule has 15 nitrogen and oxygen atoms in total. The zero-order valence-corrected chi connectivity index (χ0v) is 19.5. The highest BCUT2D eigenvalue weighted by atomic mass is 16.7. The Kier molecular flexibility index (Phi) is 11.7. The van der Waals surface area contributed by atoms with Crippen molar-refractivity contribution in [2.45, 2.75) is 64.1 Å². The maximum atomic E-state index is 13.3. The average molecular weight is 486 g/mol. The van der Waals surface area contributed by atoms with E-state index in [2.05, 4.69) is 15.6 Å². The minimum Gasteiger partial charge on any atom is -0.368 e. The molecule has 0 aromatic heterocycles. The molecule has 0 aromatic rings. The lowest BCUT2D eigenvalue weighted by Gasteiger charge is -2.29. The fourth-order valence-electron chi connectivity index (χ4n) is 3.57. The Labute approximate surface area is 197 Å². The van der Waals surface area contributed by atoms with Gasteiger partial charge in [-0.15, -0.1) is 0 Å². The number of carbonyl (C=O) groups is 4. The van der Waals surface area contributed by atoms with Crippen molar-refractivity contribution in [3.63, 3.8) is 0 Å². The second-order valence-corrected chi connectivity index (χ2v) is 8.45. The molecule has 0 aliphatic carbocycles. The quantitative estimate of drug-likeness (QED) is 0.0522. The number of likely N-dealkylation sites (tertiary alicyclic amines) is 1. The molecule has 1 fully saturated rings. The van der Waals surface area contributed by atoms with Gasteiger partial charge in [-0.1, -0.05) is 19.3 Å². The van der Waals surface area contributed by atoms with E-state index in [1.165, 1.54) is 4.90 Å². The molecule has 0 aromatic carbocycles. The van der Waals surface area contributed by atoms with Crippen LogP contribution in [0.4, 0.5) is 0 Å². The predicted octanol–water partition coefficient (Wildman–Crippen LogP) is -2.69. The standard InChI is InChI=1S/C19H35N9O6/c1-11(2)9-12(20)16(30)25-13(5-3-7-23-19(22)26-28(33)34)18(32)27-8-4-6-14(27)17(31)24-10-15(21)29/h11-14H,3-10,20H2,1-2H3,(H2,21,29)(H,24,31)(H,25,30)(H3,22,23,26)/t12-,13-,14-/m0/s1. The molecule has 0 spiro atoms. The lowest BCUT2D eigenvalue weighted by molar-refractivity contribution is -0.525. The van der Waals surface area contributed by atoms with E-state index in [4.69, 9.17) is 17.2 Å². The molecule has 1 heterocycles. The van der Waals surface area contributed by atoms with Crippen molar-refractivity contribution < 1.29 is 24.2 Å². The van der Waals surface area contributed by atoms with Crippen LogP contribution < -0.4 is 33.3 Å². The third-order valence-electron chi connectivity index (χ3n) is 5.09. The van der Waals surface area contributed by atoms with Crippen molar-refractivity contribution in [2.75, 3.05) is 19.6 Å². The van der Waals surface area contributed by atoms with Crippen molar-refractivity contribution in [1.29, 1.82) is 0 Å². The van der Waals surface area contributed by atoms with E-state index in [1.54, 1.807) is 5.43 Å². The van der Waals surface area contributed by atoms with E-state index >= 15 is 0 Å². The third kappa shape index (κ3) is 9.97. The van der Waals surface area contributed by atoms with Gasteiger partial charge in [-0.3, -0.25) is 19.2 Å². The van der Waals surface area contributed by atoms with E-state index in [-0.39, 0.29) is 37.8 Å². The molecule has 15 heteroatoms. The third-order valence-corrected chi connectivity index (χ3v) is 5.09. The van der Waals surface area contributed by atoms with Gasteiger partial charge in [-0.25, -0.2) is 15.1 Å². The lowest BCUT2D eigenvalue weighted by Crippen LogP contribution is -2.56. The van der Waals surface area contributed by atoms with Gasteiger partial charge in [-0.05, 0) is 38.0 Å². The number of nitro groups is 1. The monoisotopic (exact) mass is 485 g/mol. The molecule has 1 rings (SSSR count). The molecule has 9 N–H and O–H groups in total. The van der Waals surface area contributed by atoms with Crippen molar-refractivity contribution >= 4 is 29.6 Å². The Hall–Kier alpha value is -3.49. The molecule has 0 unspecified atom stereocenters. The van der Waals surface area contributed by atoms with Gasteiger partial charge in [0.15, 0.2) is 5.03 Å². The number of hydrazine groups is 1. The first-order valence-electron chi connectivity index (χ1n) is 11.1. The fraction of sp³-hybridized carbons (Fsp3) is 0.737. The highest BCUT2D eigenvalue weighted by Gasteiger charge is 2.37. The van der Waals surface area contributed by atoms with Crippen LogP contribution in [0.2, 0.25) is 0 Å². The molecular formula is C19H35N9O6. The normalized spacial score (nSPS) is 17.7. The maximum absolute atomic E-state index is 13.3. The number of guanidine groups is 1. The molecule has 0 radical (unpaired) electrons. The second-order valence-electron chi connectivity index (χ2n) is 8.45. The molecule has 0 bridgehead atoms. The van der Waals surface area contributed by atoms with Gasteiger partial charge in [-0.2, -0.15) is 0 Å². The summed E-state index contributed by atoms with van der Waals surface area (Å²) in [6.07, 6.45) is 1.80. The van der Waals surface area contributed by atoms with E-state index in [0.717, 1.165) is 0 Å². The van der Waals surface area contributed by atoms with E-state index in [1.807, 2.05) is 13.8 Å². The summed E-state index contributed by atoms with van der Waals surface area (Å²) in [5, 5.41) is 14.6. The lowest BCUT2D eigenvalue weighted by atomic mass is 10.0. The molecule has 0 saturated carbocycles. The van der Waals surface area contributed by atoms with Crippen molar-refractivity contribution in [1.82, 2.24) is 21.0 Å². The van der Waals surface area contributed by atoms with Crippen molar-refractivity contribution in [2.24, 2.45) is 28.1 Å². The number of nitrogens with two attached hydrogens (primary N) is 3. The Bertz CT molecular complexity index is 788. The number of primary amides is 1. The predicted molar refractivity (Wildman–Crippen MR) is 122 cm³/mol. The molecule has 1 aliphatic rings. The number of aliphatic imine (C=N–C) groups is 1. The van der Waals surface area contributed by atoms with Gasteiger partial charge in [0.2, 0.25) is 23.6 Å². The first kappa shape index (κ1) is 28.5. The van der Waals surface area contributed by atoms with Crippen LogP contribution in [0.1, 0.15) is 46.0 Å². The van der Waals surface area contributed by atoms with E-state index in [9.17, 15) is 29.3 Å². The number of carbonyl (C=O) groups excluding carboxylic acids is 4. The number of hydrogen-bond donors (Lipinski definition) is 6. The van der Waals surface area contributed by atoms with E-state index < -0.39 is 46.8 Å². The highest BCUT2D eigenvalue weighted by molar-refractivity contribution is 5.94. The van der Waals surface area contributed by atoms with Gasteiger partial charge in [0.05, 0.1) is 12.6 Å². The minimum absolute atomic E-state index is 0.0624. The smallest absolute Gasteiger partial charge is 0.251 e. The summed E-state index contributed by atoms with van der Waals surface area (Å²) in [5.74, 6) is -2.41. The Morgan fingerprint density at radius 1 is 1.24 bits per heavy atom. The van der Waals surface area contributed by atoms with Crippen molar-refractivity contribution in [3.8, 4) is 0 Å². The van der Waals surface area contributed by atoms with Crippen molar-refractivity contribution in [3.05, 3.63) is 10.1 Å². The van der Waals surface area contributed by atoms with Crippen LogP contribution in [0.3, 0.4) is 0 Å². The summed E-state index contributed by atoms with van der Waals surface area (Å²) in [7, 11) is 0. The molecule has 34 heavy (non-hydrogen) atoms. The maximum Gasteiger partial charge on any atom is 0.251 e. The second kappa shape index (κ2) is 13.9. The van der Waals surface area contributed by atoms with Gasteiger partial charge >= 0.3 is 0 Å². The summed E-state index contributed by atoms with van der Waals surface area (Å²) in [5.41, 5.74) is 18.1. The minimum atomic E-state index is -0.991. The van der Waals surface area contributed by atoms with Gasteiger partial charge < -0.3 is 32.7 Å². The van der Waals surface area contributed by atoms with Crippen LogP contribution >= 0.6 is 0 Å². The Balaban J connectivity index is 2.91. The largest absolute Gasteiger partial charge is 0.368 e. The number of amides is 4. The van der Waals surface area contributed by atoms with Crippen LogP contribution in [0.5, 0.6) is 0 Å². The molecule has 3 atom stereocenters. The van der Waals surface area contributed by atoms with Gasteiger partial charge in [0.1, 0.15) is 12.1 Å². The van der Waals surface area contributed by atoms with Crippen LogP contribution in [0.25, 0.3) is 0 Å². The zero-order valence-electron chi connectivity index (χ0n) is 19.5. The summed E-state index contributed by atoms with van der Waals surface area (Å²) in [6, 6.07) is -2.61. The summed E-state index contributed by atoms with van der Waals surface area (Å²) < 4.78 is 0. The molecule has 192 valence electrons. The summed E-state index contributed by atoms with van der Waals surface area (Å²) in [4.78, 5) is 64.8. The number of hydrogen-bond acceptors (Lipinski definition) is 8. The van der Waals surface area contributed by atoms with Crippen LogP contribution in [0.15, 0.2) is 4.99 Å². The molecular weight excluding hydrogens is 450 g/mol. The van der Waals surface area contributed by atoms with Crippen LogP contribution in [0, 0.1) is 16.0 Å². The summed E-state index contributed by atoms with van der Waals surface area (Å²) in [6.45, 7) is 3.84. The highest BCUT2D eigenvalue weighted by Crippen LogP contribution is 2.20. The Morgan fingerprint density at radius 3 is 2.50 bits per heavy atom. The number of nitrogens with zero attached hydrogens (tertiary/aromatic N) is 3. The topological polar surface area (TPSA) is 241 Å². The van der Waals surface area contributed by atoms with Gasteiger partial charge in [0.25, 0.3) is 5.96 Å². The fourth-order valence-corrected chi connectivity index (χ4v) is 3.57. The average Bonchev–Trinajstić information content (AvgIpc) is 3.22. The summed E-state index contributed by atoms with van der Waals surface area (Å²) >= 11 is 0. The SMILES string of the molecule is CC(C)C[C@H](N)C(=O)N[C@@H](CCCN=C(N)N[N+](=O)[O-])C(=O)N1CCC[C@H]1C(=O)NCC(N)=O. The van der Waals surface area contributed by atoms with Crippen LogP contribution in [-0.2, 0) is 19.2 Å². The zero-order chi connectivity index (χ0) is 25.8. The molecule has 1 saturated heterocycles. The van der Waals surface area contributed by atoms with E-state index in [0.29, 0.717) is 25.8 Å². The first-order chi connectivity index (χ1) is 15.9. The first-order valence-corrected chi connectivity index (χ1v) is 11.1. The van der Waals surface area contributed by atoms with Crippen LogP contribution in [-0.4, -0.2) is 77.3 Å². The molecule has 1 aliphatic heterocycles. The van der Waals surface area contributed by atoms with Gasteiger partial charge in [0, 0.05) is 13.1 Å². The number of nitrogens with one attached hydrogen (secondary N) is 3. The Morgan fingerprint density at radius 2 is 1.91 bits per heavy atom. The number of rotatable bonds is 13. The molecule has 4 amide bonds.